The molecule has 0 N–H and O–H groups in total. The predicted octanol–water partition coefficient (Wildman–Crippen LogP) is 3.34. The summed E-state index contributed by atoms with van der Waals surface area (Å²) < 4.78 is 25.4. The van der Waals surface area contributed by atoms with E-state index >= 15 is 0 Å². The highest BCUT2D eigenvalue weighted by Gasteiger charge is 2.10. The summed E-state index contributed by atoms with van der Waals surface area (Å²) in [6.07, 6.45) is 1.67. The Bertz CT molecular complexity index is 275. The Morgan fingerprint density at radius 3 is 2.45 bits per heavy atom. The minimum absolute atomic E-state index is 0.180. The molecule has 60 valence electrons. The molecule has 0 spiro atoms. The van der Waals surface area contributed by atoms with E-state index in [1.165, 1.54) is 12.1 Å². The van der Waals surface area contributed by atoms with Crippen LogP contribution in [0.25, 0.3) is 0 Å². The zero-order valence-corrected chi connectivity index (χ0v) is 7.27. The van der Waals surface area contributed by atoms with Crippen LogP contribution in [0, 0.1) is 11.6 Å². The fraction of sp³-hybridized carbons (Fsp3) is 0.143. The molecule has 4 heteroatoms. The molecule has 0 atom stereocenters. The molecule has 0 nitrogen and oxygen atoms in total. The van der Waals surface area contributed by atoms with E-state index < -0.39 is 11.6 Å². The van der Waals surface area contributed by atoms with E-state index in [0.717, 1.165) is 11.8 Å². The molecular formula is C7H5ClF2S. The first-order valence-electron chi connectivity index (χ1n) is 2.84. The van der Waals surface area contributed by atoms with Crippen LogP contribution in [0.2, 0.25) is 5.02 Å². The second kappa shape index (κ2) is 3.41. The zero-order chi connectivity index (χ0) is 8.43. The smallest absolute Gasteiger partial charge is 0.178 e. The van der Waals surface area contributed by atoms with Crippen molar-refractivity contribution in [3.05, 3.63) is 28.8 Å². The lowest BCUT2D eigenvalue weighted by molar-refractivity contribution is 0.492. The van der Waals surface area contributed by atoms with Crippen LogP contribution in [0.4, 0.5) is 8.78 Å². The molecule has 0 bridgehead atoms. The molecule has 0 aromatic heterocycles. The number of thioether (sulfide) groups is 1. The number of rotatable bonds is 1. The maximum Gasteiger partial charge on any atom is 0.178 e. The van der Waals surface area contributed by atoms with Crippen LogP contribution in [0.3, 0.4) is 0 Å². The Morgan fingerprint density at radius 2 is 1.91 bits per heavy atom. The average Bonchev–Trinajstić information content (AvgIpc) is 2.01. The molecule has 1 aromatic rings. The molecule has 0 radical (unpaired) electrons. The van der Waals surface area contributed by atoms with Gasteiger partial charge in [-0.05, 0) is 18.4 Å². The van der Waals surface area contributed by atoms with Crippen LogP contribution in [0.5, 0.6) is 0 Å². The lowest BCUT2D eigenvalue weighted by Gasteiger charge is -2.00. The van der Waals surface area contributed by atoms with Crippen molar-refractivity contribution in [1.82, 2.24) is 0 Å². The molecular weight excluding hydrogens is 190 g/mol. The van der Waals surface area contributed by atoms with Gasteiger partial charge in [0.2, 0.25) is 0 Å². The van der Waals surface area contributed by atoms with Crippen molar-refractivity contribution in [3.8, 4) is 0 Å². The summed E-state index contributed by atoms with van der Waals surface area (Å²) in [5, 5.41) is -0.180. The summed E-state index contributed by atoms with van der Waals surface area (Å²) in [4.78, 5) is 0.270. The Kier molecular flexibility index (Phi) is 2.73. The summed E-state index contributed by atoms with van der Waals surface area (Å²) in [7, 11) is 0. The van der Waals surface area contributed by atoms with E-state index in [9.17, 15) is 8.78 Å². The van der Waals surface area contributed by atoms with E-state index in [4.69, 9.17) is 11.6 Å². The Morgan fingerprint density at radius 1 is 1.27 bits per heavy atom. The lowest BCUT2D eigenvalue weighted by Crippen LogP contribution is -1.87. The third-order valence-electron chi connectivity index (χ3n) is 1.22. The molecule has 0 aliphatic carbocycles. The van der Waals surface area contributed by atoms with Gasteiger partial charge in [0.25, 0.3) is 0 Å². The van der Waals surface area contributed by atoms with Crippen molar-refractivity contribution < 1.29 is 8.78 Å². The maximum absolute atomic E-state index is 12.8. The van der Waals surface area contributed by atoms with Crippen molar-refractivity contribution in [2.75, 3.05) is 6.26 Å². The summed E-state index contributed by atoms with van der Waals surface area (Å²) in [6.45, 7) is 0. The van der Waals surface area contributed by atoms with Gasteiger partial charge in [-0.1, -0.05) is 11.6 Å². The van der Waals surface area contributed by atoms with Crippen molar-refractivity contribution >= 4 is 23.4 Å². The molecule has 11 heavy (non-hydrogen) atoms. The summed E-state index contributed by atoms with van der Waals surface area (Å²) in [5.74, 6) is -1.84. The van der Waals surface area contributed by atoms with E-state index in [1.54, 1.807) is 6.26 Å². The van der Waals surface area contributed by atoms with Crippen LogP contribution < -0.4 is 0 Å². The van der Waals surface area contributed by atoms with Gasteiger partial charge < -0.3 is 0 Å². The number of hydrogen-bond donors (Lipinski definition) is 0. The van der Waals surface area contributed by atoms with E-state index in [0.29, 0.717) is 0 Å². The number of halogens is 3. The SMILES string of the molecule is CSc1ccc(Cl)c(F)c1F. The molecule has 0 heterocycles. The van der Waals surface area contributed by atoms with Crippen LogP contribution in [0.15, 0.2) is 17.0 Å². The fourth-order valence-corrected chi connectivity index (χ4v) is 1.28. The average molecular weight is 195 g/mol. The van der Waals surface area contributed by atoms with Gasteiger partial charge in [-0.15, -0.1) is 11.8 Å². The van der Waals surface area contributed by atoms with Gasteiger partial charge in [-0.2, -0.15) is 0 Å². The summed E-state index contributed by atoms with van der Waals surface area (Å²) in [5.41, 5.74) is 0. The van der Waals surface area contributed by atoms with Crippen molar-refractivity contribution in [1.29, 1.82) is 0 Å². The Hall–Kier alpha value is -0.280. The van der Waals surface area contributed by atoms with Crippen LogP contribution in [0.1, 0.15) is 0 Å². The lowest BCUT2D eigenvalue weighted by atomic mass is 10.3. The highest BCUT2D eigenvalue weighted by atomic mass is 35.5. The van der Waals surface area contributed by atoms with E-state index in [1.807, 2.05) is 0 Å². The summed E-state index contributed by atoms with van der Waals surface area (Å²) >= 11 is 6.46. The van der Waals surface area contributed by atoms with Gasteiger partial charge in [0.1, 0.15) is 0 Å². The fourth-order valence-electron chi connectivity index (χ4n) is 0.666. The predicted molar refractivity (Wildman–Crippen MR) is 43.1 cm³/mol. The molecule has 0 aliphatic rings. The molecule has 0 fully saturated rings. The molecule has 1 aromatic carbocycles. The third kappa shape index (κ3) is 1.65. The molecule has 1 rings (SSSR count). The van der Waals surface area contributed by atoms with Gasteiger partial charge in [0, 0.05) is 4.90 Å². The molecule has 0 unspecified atom stereocenters. The molecule has 0 aliphatic heterocycles. The normalized spacial score (nSPS) is 10.2. The minimum Gasteiger partial charge on any atom is -0.202 e. The van der Waals surface area contributed by atoms with Crippen molar-refractivity contribution in [2.45, 2.75) is 4.90 Å². The summed E-state index contributed by atoms with van der Waals surface area (Å²) in [6, 6.07) is 2.79. The Labute approximate surface area is 72.6 Å². The standard InChI is InChI=1S/C7H5ClF2S/c1-11-5-3-2-4(8)6(9)7(5)10/h2-3H,1H3. The largest absolute Gasteiger partial charge is 0.202 e. The van der Waals surface area contributed by atoms with E-state index in [2.05, 4.69) is 0 Å². The Balaban J connectivity index is 3.25. The first-order valence-corrected chi connectivity index (χ1v) is 4.44. The topological polar surface area (TPSA) is 0 Å². The second-order valence-corrected chi connectivity index (χ2v) is 3.13. The van der Waals surface area contributed by atoms with Gasteiger partial charge in [0.05, 0.1) is 5.02 Å². The minimum atomic E-state index is -0.974. The van der Waals surface area contributed by atoms with Crippen molar-refractivity contribution in [2.24, 2.45) is 0 Å². The van der Waals surface area contributed by atoms with Crippen LogP contribution in [-0.2, 0) is 0 Å². The third-order valence-corrected chi connectivity index (χ3v) is 2.27. The molecule has 0 saturated carbocycles. The highest BCUT2D eigenvalue weighted by Crippen LogP contribution is 2.25. The second-order valence-electron chi connectivity index (χ2n) is 1.88. The first kappa shape index (κ1) is 8.81. The molecule has 0 saturated heterocycles. The monoisotopic (exact) mass is 194 g/mol. The maximum atomic E-state index is 12.8. The van der Waals surface area contributed by atoms with E-state index in [-0.39, 0.29) is 9.92 Å². The zero-order valence-electron chi connectivity index (χ0n) is 5.70. The molecule has 0 amide bonds. The number of benzene rings is 1. The highest BCUT2D eigenvalue weighted by molar-refractivity contribution is 7.98. The quantitative estimate of drug-likeness (QED) is 0.488. The van der Waals surface area contributed by atoms with Crippen molar-refractivity contribution in [3.63, 3.8) is 0 Å². The van der Waals surface area contributed by atoms with Gasteiger partial charge >= 0.3 is 0 Å². The number of hydrogen-bond acceptors (Lipinski definition) is 1. The van der Waals surface area contributed by atoms with Crippen LogP contribution in [-0.4, -0.2) is 6.26 Å². The first-order chi connectivity index (χ1) is 5.16. The van der Waals surface area contributed by atoms with Gasteiger partial charge in [0.15, 0.2) is 11.6 Å². The van der Waals surface area contributed by atoms with Gasteiger partial charge in [-0.3, -0.25) is 0 Å². The van der Waals surface area contributed by atoms with Crippen LogP contribution >= 0.6 is 23.4 Å². The van der Waals surface area contributed by atoms with Gasteiger partial charge in [-0.25, -0.2) is 8.78 Å².